The van der Waals surface area contributed by atoms with E-state index in [0.29, 0.717) is 15.8 Å². The van der Waals surface area contributed by atoms with E-state index in [0.717, 1.165) is 11.3 Å². The Bertz CT molecular complexity index is 929. The number of ether oxygens (including phenoxy) is 1. The number of hydrogen-bond acceptors (Lipinski definition) is 3. The molecule has 6 heteroatoms. The lowest BCUT2D eigenvalue weighted by molar-refractivity contribution is -0.120. The van der Waals surface area contributed by atoms with Crippen molar-refractivity contribution in [1.82, 2.24) is 4.98 Å². The van der Waals surface area contributed by atoms with Crippen molar-refractivity contribution >= 4 is 40.9 Å². The van der Waals surface area contributed by atoms with E-state index >= 15 is 0 Å². The van der Waals surface area contributed by atoms with E-state index in [2.05, 4.69) is 37.5 Å². The van der Waals surface area contributed by atoms with Crippen LogP contribution in [0.15, 0.2) is 48.7 Å². The second-order valence-corrected chi connectivity index (χ2v) is 9.31. The average molecular weight is 466 g/mol. The first-order valence-corrected chi connectivity index (χ1v) is 10.8. The largest absolute Gasteiger partial charge is 0.497 e. The standard InChI is InChI=1S/C23H25Cl2NO2S.CH4/c1-13(2)21-20(19-8-5-14(24)12-26-19)17(9-10-23(21,3)22(27)29)16-7-6-15(28-4)11-18(16)25;/h5-13,17,20-21H,1-4H3,(H,27,29);1H4. The molecule has 2 aromatic rings. The molecule has 0 amide bonds. The number of nitrogens with zero attached hydrogens (tertiary/aromatic N) is 1. The normalized spacial score (nSPS) is 25.7. The summed E-state index contributed by atoms with van der Waals surface area (Å²) in [5, 5.41) is 1.06. The number of halogens is 2. The second-order valence-electron chi connectivity index (χ2n) is 8.06. The fourth-order valence-corrected chi connectivity index (χ4v) is 5.24. The van der Waals surface area contributed by atoms with Crippen molar-refractivity contribution in [2.75, 3.05) is 7.11 Å². The number of hydrogen-bond donors (Lipinski definition) is 1. The molecule has 30 heavy (non-hydrogen) atoms. The Morgan fingerprint density at radius 2 is 1.93 bits per heavy atom. The zero-order chi connectivity index (χ0) is 21.3. The highest BCUT2D eigenvalue weighted by Gasteiger charge is 2.49. The van der Waals surface area contributed by atoms with Gasteiger partial charge in [-0.05, 0) is 48.6 Å². The smallest absolute Gasteiger partial charge is 0.195 e. The fraction of sp³-hybridized carbons (Fsp3) is 0.417. The summed E-state index contributed by atoms with van der Waals surface area (Å²) in [7, 11) is 1.62. The third kappa shape index (κ3) is 4.56. The molecule has 3 nitrogen and oxygen atoms in total. The van der Waals surface area contributed by atoms with Crippen molar-refractivity contribution in [3.8, 4) is 5.75 Å². The number of rotatable bonds is 5. The summed E-state index contributed by atoms with van der Waals surface area (Å²) in [6, 6.07) is 9.49. The van der Waals surface area contributed by atoms with Crippen LogP contribution < -0.4 is 4.74 Å². The van der Waals surface area contributed by atoms with Gasteiger partial charge in [-0.25, -0.2) is 0 Å². The Labute approximate surface area is 195 Å². The molecule has 1 aromatic carbocycles. The zero-order valence-electron chi connectivity index (χ0n) is 16.9. The van der Waals surface area contributed by atoms with Gasteiger partial charge >= 0.3 is 0 Å². The Balaban J connectivity index is 0.00000320. The van der Waals surface area contributed by atoms with E-state index in [9.17, 15) is 4.79 Å². The number of benzene rings is 1. The molecular formula is C24H29Cl2NO2S. The quantitative estimate of drug-likeness (QED) is 0.374. The van der Waals surface area contributed by atoms with Crippen LogP contribution in [0.4, 0.5) is 0 Å². The number of carbonyl (C=O) groups excluding carboxylic acids is 1. The molecule has 1 aliphatic carbocycles. The van der Waals surface area contributed by atoms with Crippen molar-refractivity contribution in [1.29, 1.82) is 0 Å². The van der Waals surface area contributed by atoms with E-state index < -0.39 is 5.41 Å². The molecule has 162 valence electrons. The third-order valence-corrected chi connectivity index (χ3v) is 6.99. The van der Waals surface area contributed by atoms with Gasteiger partial charge in [0.2, 0.25) is 0 Å². The number of methoxy groups -OCH3 is 1. The maximum atomic E-state index is 12.6. The van der Waals surface area contributed by atoms with Crippen molar-refractivity contribution in [2.45, 2.75) is 40.0 Å². The average Bonchev–Trinajstić information content (AvgIpc) is 2.68. The van der Waals surface area contributed by atoms with Gasteiger partial charge in [0.15, 0.2) is 5.12 Å². The summed E-state index contributed by atoms with van der Waals surface area (Å²) in [5.41, 5.74) is 1.15. The minimum absolute atomic E-state index is 0. The van der Waals surface area contributed by atoms with Crippen LogP contribution in [0.3, 0.4) is 0 Å². The summed E-state index contributed by atoms with van der Waals surface area (Å²) in [6.45, 7) is 6.22. The zero-order valence-corrected chi connectivity index (χ0v) is 19.3. The molecule has 0 saturated heterocycles. The van der Waals surface area contributed by atoms with Gasteiger partial charge in [0.1, 0.15) is 5.75 Å². The van der Waals surface area contributed by atoms with Crippen molar-refractivity contribution < 1.29 is 9.53 Å². The molecule has 0 radical (unpaired) electrons. The lowest BCUT2D eigenvalue weighted by Gasteiger charge is -2.46. The Morgan fingerprint density at radius 1 is 1.23 bits per heavy atom. The summed E-state index contributed by atoms with van der Waals surface area (Å²) in [5.74, 6) is 0.785. The van der Waals surface area contributed by atoms with E-state index in [-0.39, 0.29) is 36.2 Å². The highest BCUT2D eigenvalue weighted by molar-refractivity contribution is 7.96. The van der Waals surface area contributed by atoms with Crippen LogP contribution in [0.5, 0.6) is 5.75 Å². The Morgan fingerprint density at radius 3 is 2.43 bits per heavy atom. The van der Waals surface area contributed by atoms with Gasteiger partial charge in [-0.1, -0.05) is 62.7 Å². The fourth-order valence-electron chi connectivity index (χ4n) is 4.61. The van der Waals surface area contributed by atoms with Crippen LogP contribution in [0.2, 0.25) is 10.0 Å². The van der Waals surface area contributed by atoms with Gasteiger partial charge in [0, 0.05) is 28.7 Å². The highest BCUT2D eigenvalue weighted by Crippen LogP contribution is 2.55. The number of carbonyl (C=O) groups is 1. The molecule has 0 aliphatic heterocycles. The molecule has 4 unspecified atom stereocenters. The minimum atomic E-state index is -0.710. The van der Waals surface area contributed by atoms with Crippen LogP contribution >= 0.6 is 35.8 Å². The van der Waals surface area contributed by atoms with Gasteiger partial charge in [-0.2, -0.15) is 0 Å². The van der Waals surface area contributed by atoms with Crippen LogP contribution in [-0.4, -0.2) is 17.2 Å². The van der Waals surface area contributed by atoms with Crippen molar-refractivity contribution in [3.63, 3.8) is 0 Å². The van der Waals surface area contributed by atoms with Gasteiger partial charge in [0.05, 0.1) is 17.5 Å². The van der Waals surface area contributed by atoms with Gasteiger partial charge in [-0.3, -0.25) is 9.78 Å². The number of thiol groups is 1. The molecule has 4 atom stereocenters. The summed E-state index contributed by atoms with van der Waals surface area (Å²) in [4.78, 5) is 17.2. The van der Waals surface area contributed by atoms with Gasteiger partial charge in [0.25, 0.3) is 0 Å². The lowest BCUT2D eigenvalue weighted by atomic mass is 9.57. The molecule has 0 spiro atoms. The lowest BCUT2D eigenvalue weighted by Crippen LogP contribution is -2.43. The highest BCUT2D eigenvalue weighted by atomic mass is 35.5. The SMILES string of the molecule is C.COc1ccc(C2C=CC(C)(C(=O)S)C(C(C)C)C2c2ccc(Cl)cn2)c(Cl)c1. The molecule has 1 heterocycles. The maximum absolute atomic E-state index is 12.6. The van der Waals surface area contributed by atoms with E-state index in [1.807, 2.05) is 43.3 Å². The van der Waals surface area contributed by atoms with Crippen LogP contribution in [0, 0.1) is 17.3 Å². The monoisotopic (exact) mass is 465 g/mol. The molecule has 0 fully saturated rings. The molecular weight excluding hydrogens is 437 g/mol. The predicted molar refractivity (Wildman–Crippen MR) is 129 cm³/mol. The first kappa shape index (κ1) is 24.8. The van der Waals surface area contributed by atoms with E-state index in [4.69, 9.17) is 27.9 Å². The summed E-state index contributed by atoms with van der Waals surface area (Å²) >= 11 is 17.0. The molecule has 0 bridgehead atoms. The molecule has 0 saturated carbocycles. The van der Waals surface area contributed by atoms with E-state index in [1.54, 1.807) is 13.3 Å². The minimum Gasteiger partial charge on any atom is -0.497 e. The van der Waals surface area contributed by atoms with Gasteiger partial charge in [-0.15, -0.1) is 12.6 Å². The summed E-state index contributed by atoms with van der Waals surface area (Å²) in [6.07, 6.45) is 5.71. The molecule has 3 rings (SSSR count). The number of allylic oxidation sites excluding steroid dienone is 2. The predicted octanol–water partition coefficient (Wildman–Crippen LogP) is 7.21. The van der Waals surface area contributed by atoms with Crippen LogP contribution in [-0.2, 0) is 4.79 Å². The second kappa shape index (κ2) is 9.76. The van der Waals surface area contributed by atoms with Gasteiger partial charge < -0.3 is 4.74 Å². The van der Waals surface area contributed by atoms with E-state index in [1.165, 1.54) is 0 Å². The molecule has 1 aliphatic rings. The summed E-state index contributed by atoms with van der Waals surface area (Å²) < 4.78 is 5.30. The number of pyridine rings is 1. The molecule has 0 N–H and O–H groups in total. The Hall–Kier alpha value is -1.49. The van der Waals surface area contributed by atoms with Crippen molar-refractivity contribution in [2.24, 2.45) is 17.3 Å². The first-order chi connectivity index (χ1) is 13.7. The molecule has 1 aromatic heterocycles. The third-order valence-electron chi connectivity index (χ3n) is 5.95. The first-order valence-electron chi connectivity index (χ1n) is 9.56. The van der Waals surface area contributed by atoms with Crippen molar-refractivity contribution in [3.05, 3.63) is 70.0 Å². The topological polar surface area (TPSA) is 39.2 Å². The van der Waals surface area contributed by atoms with Crippen LogP contribution in [0.25, 0.3) is 0 Å². The van der Waals surface area contributed by atoms with Crippen LogP contribution in [0.1, 0.15) is 51.3 Å². The maximum Gasteiger partial charge on any atom is 0.195 e. The Kier molecular flexibility index (Phi) is 8.06. The number of aromatic nitrogens is 1.